The normalized spacial score (nSPS) is 22.4. The SMILES string of the molecule is CCOC(=O)C[C@@H]1Oc2ccc(OC)cc2[C@H](Nc2ccccc2O)[C@@]1(C)[N+](=O)[O-]. The molecular formula is C21H24N2O7. The van der Waals surface area contributed by atoms with Crippen LogP contribution in [0.25, 0.3) is 0 Å². The summed E-state index contributed by atoms with van der Waals surface area (Å²) in [5.74, 6) is 0.239. The molecule has 0 aromatic heterocycles. The Balaban J connectivity index is 2.13. The molecule has 0 saturated carbocycles. The van der Waals surface area contributed by atoms with Gasteiger partial charge in [0, 0.05) is 17.4 Å². The first-order valence-electron chi connectivity index (χ1n) is 9.50. The molecule has 9 heteroatoms. The fourth-order valence-electron chi connectivity index (χ4n) is 3.58. The van der Waals surface area contributed by atoms with Gasteiger partial charge in [0.1, 0.15) is 23.3 Å². The summed E-state index contributed by atoms with van der Waals surface area (Å²) in [4.78, 5) is 24.0. The van der Waals surface area contributed by atoms with Crippen LogP contribution in [0.2, 0.25) is 0 Å². The van der Waals surface area contributed by atoms with Crippen LogP contribution in [0.4, 0.5) is 5.69 Å². The predicted molar refractivity (Wildman–Crippen MR) is 109 cm³/mol. The van der Waals surface area contributed by atoms with Crippen LogP contribution in [-0.4, -0.2) is 41.4 Å². The molecule has 3 atom stereocenters. The van der Waals surface area contributed by atoms with Crippen molar-refractivity contribution in [2.24, 2.45) is 0 Å². The monoisotopic (exact) mass is 416 g/mol. The van der Waals surface area contributed by atoms with E-state index >= 15 is 0 Å². The Labute approximate surface area is 173 Å². The van der Waals surface area contributed by atoms with E-state index in [-0.39, 0.29) is 18.8 Å². The summed E-state index contributed by atoms with van der Waals surface area (Å²) in [5, 5.41) is 25.6. The van der Waals surface area contributed by atoms with Crippen molar-refractivity contribution in [2.75, 3.05) is 19.0 Å². The third-order valence-electron chi connectivity index (χ3n) is 5.29. The zero-order valence-electron chi connectivity index (χ0n) is 17.0. The molecule has 2 aromatic rings. The molecule has 0 aliphatic carbocycles. The number of nitro groups is 1. The molecular weight excluding hydrogens is 392 g/mol. The van der Waals surface area contributed by atoms with Crippen LogP contribution in [0.5, 0.6) is 17.2 Å². The molecule has 160 valence electrons. The van der Waals surface area contributed by atoms with Crippen LogP contribution in [-0.2, 0) is 9.53 Å². The summed E-state index contributed by atoms with van der Waals surface area (Å²) in [7, 11) is 1.49. The topological polar surface area (TPSA) is 120 Å². The number of carbonyl (C=O) groups excluding carboxylic acids is 1. The zero-order valence-corrected chi connectivity index (χ0v) is 17.0. The Bertz CT molecular complexity index is 949. The lowest BCUT2D eigenvalue weighted by Gasteiger charge is -2.41. The van der Waals surface area contributed by atoms with Crippen molar-refractivity contribution in [3.05, 3.63) is 58.1 Å². The van der Waals surface area contributed by atoms with Crippen LogP contribution in [0.15, 0.2) is 42.5 Å². The van der Waals surface area contributed by atoms with Crippen molar-refractivity contribution in [2.45, 2.75) is 38.0 Å². The van der Waals surface area contributed by atoms with Gasteiger partial charge >= 0.3 is 5.97 Å². The number of esters is 1. The number of rotatable bonds is 7. The highest BCUT2D eigenvalue weighted by Crippen LogP contribution is 2.47. The summed E-state index contributed by atoms with van der Waals surface area (Å²) in [6.07, 6.45) is -1.40. The lowest BCUT2D eigenvalue weighted by molar-refractivity contribution is -0.582. The fourth-order valence-corrected chi connectivity index (χ4v) is 3.58. The summed E-state index contributed by atoms with van der Waals surface area (Å²) in [6, 6.07) is 10.5. The number of hydrogen-bond donors (Lipinski definition) is 2. The minimum atomic E-state index is -1.76. The van der Waals surface area contributed by atoms with Gasteiger partial charge in [-0.15, -0.1) is 0 Å². The second-order valence-electron chi connectivity index (χ2n) is 7.10. The summed E-state index contributed by atoms with van der Waals surface area (Å²) in [6.45, 7) is 3.24. The molecule has 30 heavy (non-hydrogen) atoms. The van der Waals surface area contributed by atoms with Gasteiger partial charge in [0.2, 0.25) is 0 Å². The minimum absolute atomic E-state index is 0.0546. The number of methoxy groups -OCH3 is 1. The number of fused-ring (bicyclic) bond motifs is 1. The maximum atomic E-state index is 12.3. The highest BCUT2D eigenvalue weighted by Gasteiger charge is 2.59. The molecule has 0 radical (unpaired) electrons. The molecule has 3 rings (SSSR count). The van der Waals surface area contributed by atoms with Gasteiger partial charge in [0.15, 0.2) is 6.10 Å². The smallest absolute Gasteiger partial charge is 0.309 e. The van der Waals surface area contributed by atoms with E-state index < -0.39 is 28.6 Å². The highest BCUT2D eigenvalue weighted by molar-refractivity contribution is 5.70. The van der Waals surface area contributed by atoms with Crippen molar-refractivity contribution in [3.8, 4) is 17.2 Å². The van der Waals surface area contributed by atoms with Crippen molar-refractivity contribution in [3.63, 3.8) is 0 Å². The van der Waals surface area contributed by atoms with E-state index in [1.807, 2.05) is 0 Å². The van der Waals surface area contributed by atoms with E-state index in [2.05, 4.69) is 5.32 Å². The Hall–Kier alpha value is -3.49. The van der Waals surface area contributed by atoms with Gasteiger partial charge in [0.25, 0.3) is 5.54 Å². The quantitative estimate of drug-likeness (QED) is 0.305. The van der Waals surface area contributed by atoms with E-state index in [1.165, 1.54) is 20.1 Å². The second-order valence-corrected chi connectivity index (χ2v) is 7.10. The third-order valence-corrected chi connectivity index (χ3v) is 5.29. The van der Waals surface area contributed by atoms with Gasteiger partial charge < -0.3 is 24.6 Å². The molecule has 0 amide bonds. The van der Waals surface area contributed by atoms with Crippen molar-refractivity contribution >= 4 is 11.7 Å². The number of anilines is 1. The van der Waals surface area contributed by atoms with Crippen molar-refractivity contribution in [1.29, 1.82) is 0 Å². The van der Waals surface area contributed by atoms with Crippen LogP contribution in [0, 0.1) is 10.1 Å². The maximum Gasteiger partial charge on any atom is 0.309 e. The average molecular weight is 416 g/mol. The number of benzene rings is 2. The van der Waals surface area contributed by atoms with E-state index in [4.69, 9.17) is 14.2 Å². The zero-order chi connectivity index (χ0) is 21.9. The molecule has 1 aliphatic rings. The van der Waals surface area contributed by atoms with E-state index in [1.54, 1.807) is 43.3 Å². The Morgan fingerprint density at radius 2 is 2.07 bits per heavy atom. The van der Waals surface area contributed by atoms with Gasteiger partial charge in [0.05, 0.1) is 25.8 Å². The average Bonchev–Trinajstić information content (AvgIpc) is 2.72. The minimum Gasteiger partial charge on any atom is -0.506 e. The lowest BCUT2D eigenvalue weighted by Crippen LogP contribution is -2.59. The van der Waals surface area contributed by atoms with Crippen molar-refractivity contribution < 1.29 is 29.0 Å². The molecule has 0 bridgehead atoms. The first-order valence-corrected chi connectivity index (χ1v) is 9.50. The molecule has 2 N–H and O–H groups in total. The van der Waals surface area contributed by atoms with Crippen LogP contribution < -0.4 is 14.8 Å². The van der Waals surface area contributed by atoms with Gasteiger partial charge in [-0.05, 0) is 37.3 Å². The van der Waals surface area contributed by atoms with Gasteiger partial charge in [-0.1, -0.05) is 12.1 Å². The standard InChI is InChI=1S/C21H24N2O7/c1-4-29-19(25)12-18-21(2,23(26)27)20(22-15-7-5-6-8-16(15)24)14-11-13(28-3)9-10-17(14)30-18/h5-11,18,20,22,24H,4,12H2,1-3H3/t18-,20-,21-/m0/s1. The van der Waals surface area contributed by atoms with Gasteiger partial charge in [-0.3, -0.25) is 14.9 Å². The molecule has 1 heterocycles. The summed E-state index contributed by atoms with van der Waals surface area (Å²) < 4.78 is 16.2. The largest absolute Gasteiger partial charge is 0.506 e. The number of aromatic hydroxyl groups is 1. The highest BCUT2D eigenvalue weighted by atomic mass is 16.6. The summed E-state index contributed by atoms with van der Waals surface area (Å²) in [5.41, 5.74) is -0.952. The predicted octanol–water partition coefficient (Wildman–Crippen LogP) is 3.30. The van der Waals surface area contributed by atoms with Crippen molar-refractivity contribution in [1.82, 2.24) is 0 Å². The molecule has 9 nitrogen and oxygen atoms in total. The van der Waals surface area contributed by atoms with Gasteiger partial charge in [-0.2, -0.15) is 0 Å². The first kappa shape index (κ1) is 21.2. The number of nitrogens with zero attached hydrogens (tertiary/aromatic N) is 1. The number of phenols is 1. The number of phenolic OH excluding ortho intramolecular Hbond substituents is 1. The third kappa shape index (κ3) is 3.83. The first-order chi connectivity index (χ1) is 14.3. The maximum absolute atomic E-state index is 12.3. The molecule has 0 spiro atoms. The Morgan fingerprint density at radius 3 is 2.70 bits per heavy atom. The number of ether oxygens (including phenoxy) is 3. The molecule has 0 saturated heterocycles. The number of hydrogen-bond acceptors (Lipinski definition) is 8. The van der Waals surface area contributed by atoms with Crippen LogP contribution >= 0.6 is 0 Å². The number of carbonyl (C=O) groups is 1. The Morgan fingerprint density at radius 1 is 1.33 bits per heavy atom. The van der Waals surface area contributed by atoms with E-state index in [0.717, 1.165) is 0 Å². The summed E-state index contributed by atoms with van der Waals surface area (Å²) >= 11 is 0. The number of nitrogens with one attached hydrogen (secondary N) is 1. The molecule has 0 unspecified atom stereocenters. The fraction of sp³-hybridized carbons (Fsp3) is 0.381. The molecule has 0 fully saturated rings. The van der Waals surface area contributed by atoms with E-state index in [0.29, 0.717) is 22.7 Å². The van der Waals surface area contributed by atoms with Gasteiger partial charge in [-0.25, -0.2) is 0 Å². The second kappa shape index (κ2) is 8.48. The molecule has 2 aromatic carbocycles. The Kier molecular flexibility index (Phi) is 6.00. The molecule has 1 aliphatic heterocycles. The lowest BCUT2D eigenvalue weighted by atomic mass is 9.78. The van der Waals surface area contributed by atoms with Crippen LogP contribution in [0.1, 0.15) is 31.9 Å². The number of para-hydroxylation sites is 2. The van der Waals surface area contributed by atoms with E-state index in [9.17, 15) is 20.0 Å². The van der Waals surface area contributed by atoms with Crippen LogP contribution in [0.3, 0.4) is 0 Å².